The van der Waals surface area contributed by atoms with Crippen LogP contribution < -0.4 is 0 Å². The molecule has 0 aromatic carbocycles. The van der Waals surface area contributed by atoms with Crippen LogP contribution in [0.2, 0.25) is 0 Å². The summed E-state index contributed by atoms with van der Waals surface area (Å²) in [5.74, 6) is -0.822. The van der Waals surface area contributed by atoms with Crippen LogP contribution in [0.3, 0.4) is 0 Å². The lowest BCUT2D eigenvalue weighted by atomic mass is 10.2. The van der Waals surface area contributed by atoms with Gasteiger partial charge in [0.25, 0.3) is 11.7 Å². The van der Waals surface area contributed by atoms with E-state index in [1.165, 1.54) is 12.7 Å². The van der Waals surface area contributed by atoms with Crippen molar-refractivity contribution in [3.63, 3.8) is 0 Å². The number of amides is 1. The molecule has 1 aromatic heterocycles. The molecule has 2 fully saturated rings. The SMILES string of the molecule is O=C(C(=O)N1CCCN2CCC[C@H]2C1)c1ccco1. The van der Waals surface area contributed by atoms with Crippen LogP contribution in [0.4, 0.5) is 0 Å². The predicted octanol–water partition coefficient (Wildman–Crippen LogP) is 1.16. The third kappa shape index (κ3) is 2.42. The van der Waals surface area contributed by atoms with Gasteiger partial charge in [-0.05, 0) is 37.9 Å². The first kappa shape index (κ1) is 12.4. The molecular weight excluding hydrogens is 244 g/mol. The molecule has 0 N–H and O–H groups in total. The summed E-state index contributed by atoms with van der Waals surface area (Å²) in [7, 11) is 0. The van der Waals surface area contributed by atoms with Gasteiger partial charge < -0.3 is 9.32 Å². The van der Waals surface area contributed by atoms with Crippen LogP contribution in [-0.2, 0) is 4.79 Å². The summed E-state index contributed by atoms with van der Waals surface area (Å²) in [6.45, 7) is 3.49. The highest BCUT2D eigenvalue weighted by Gasteiger charge is 2.33. The van der Waals surface area contributed by atoms with Crippen molar-refractivity contribution in [2.75, 3.05) is 26.2 Å². The lowest BCUT2D eigenvalue weighted by Gasteiger charge is -2.24. The molecule has 2 aliphatic heterocycles. The third-order valence-electron chi connectivity index (χ3n) is 4.03. The fourth-order valence-electron chi connectivity index (χ4n) is 3.05. The quantitative estimate of drug-likeness (QED) is 0.593. The van der Waals surface area contributed by atoms with Gasteiger partial charge in [-0.3, -0.25) is 14.5 Å². The molecular formula is C14H18N2O3. The molecule has 0 aliphatic carbocycles. The van der Waals surface area contributed by atoms with Crippen LogP contribution in [-0.4, -0.2) is 53.7 Å². The van der Waals surface area contributed by atoms with E-state index in [9.17, 15) is 9.59 Å². The molecule has 1 aromatic rings. The molecule has 0 saturated carbocycles. The Morgan fingerprint density at radius 3 is 2.84 bits per heavy atom. The minimum Gasteiger partial charge on any atom is -0.461 e. The summed E-state index contributed by atoms with van der Waals surface area (Å²) < 4.78 is 5.02. The summed E-state index contributed by atoms with van der Waals surface area (Å²) in [4.78, 5) is 28.4. The number of furan rings is 1. The first-order valence-corrected chi connectivity index (χ1v) is 6.87. The lowest BCUT2D eigenvalue weighted by molar-refractivity contribution is -0.126. The van der Waals surface area contributed by atoms with E-state index in [2.05, 4.69) is 4.90 Å². The van der Waals surface area contributed by atoms with Gasteiger partial charge in [0.15, 0.2) is 5.76 Å². The highest BCUT2D eigenvalue weighted by atomic mass is 16.3. The molecule has 0 unspecified atom stereocenters. The van der Waals surface area contributed by atoms with E-state index < -0.39 is 11.7 Å². The molecule has 2 saturated heterocycles. The van der Waals surface area contributed by atoms with Crippen molar-refractivity contribution in [1.29, 1.82) is 0 Å². The zero-order chi connectivity index (χ0) is 13.2. The molecule has 2 aliphatic rings. The molecule has 3 heterocycles. The summed E-state index contributed by atoms with van der Waals surface area (Å²) in [5.41, 5.74) is 0. The maximum Gasteiger partial charge on any atom is 0.298 e. The Morgan fingerprint density at radius 1 is 1.21 bits per heavy atom. The Bertz CT molecular complexity index is 469. The second-order valence-corrected chi connectivity index (χ2v) is 5.24. The van der Waals surface area contributed by atoms with Gasteiger partial charge in [0.05, 0.1) is 6.26 Å². The topological polar surface area (TPSA) is 53.8 Å². The monoisotopic (exact) mass is 262 g/mol. The smallest absolute Gasteiger partial charge is 0.298 e. The fourth-order valence-corrected chi connectivity index (χ4v) is 3.05. The molecule has 5 nitrogen and oxygen atoms in total. The van der Waals surface area contributed by atoms with Gasteiger partial charge in [-0.25, -0.2) is 0 Å². The van der Waals surface area contributed by atoms with Crippen LogP contribution in [0.25, 0.3) is 0 Å². The second-order valence-electron chi connectivity index (χ2n) is 5.24. The van der Waals surface area contributed by atoms with E-state index in [1.54, 1.807) is 17.0 Å². The minimum absolute atomic E-state index is 0.137. The molecule has 1 amide bonds. The number of carbonyl (C=O) groups excluding carboxylic acids is 2. The van der Waals surface area contributed by atoms with Crippen LogP contribution in [0.5, 0.6) is 0 Å². The van der Waals surface area contributed by atoms with E-state index in [1.807, 2.05) is 0 Å². The Hall–Kier alpha value is -1.62. The van der Waals surface area contributed by atoms with Gasteiger partial charge >= 0.3 is 0 Å². The zero-order valence-corrected chi connectivity index (χ0v) is 10.9. The summed E-state index contributed by atoms with van der Waals surface area (Å²) in [6, 6.07) is 3.59. The van der Waals surface area contributed by atoms with Crippen LogP contribution in [0, 0.1) is 0 Å². The average molecular weight is 262 g/mol. The molecule has 102 valence electrons. The molecule has 0 bridgehead atoms. The number of nitrogens with zero attached hydrogens (tertiary/aromatic N) is 2. The molecule has 0 spiro atoms. The van der Waals surface area contributed by atoms with E-state index >= 15 is 0 Å². The van der Waals surface area contributed by atoms with Gasteiger partial charge in [-0.1, -0.05) is 0 Å². The summed E-state index contributed by atoms with van der Waals surface area (Å²) in [6.07, 6.45) is 4.67. The van der Waals surface area contributed by atoms with Crippen LogP contribution >= 0.6 is 0 Å². The Kier molecular flexibility index (Phi) is 3.38. The van der Waals surface area contributed by atoms with Crippen LogP contribution in [0.15, 0.2) is 22.8 Å². The number of carbonyl (C=O) groups is 2. The minimum atomic E-state index is -0.531. The second kappa shape index (κ2) is 5.17. The number of Topliss-reactive ketones (excluding diaryl/α,β-unsaturated/α-hetero) is 1. The molecule has 3 rings (SSSR count). The maximum atomic E-state index is 12.2. The van der Waals surface area contributed by atoms with Gasteiger partial charge in [0.1, 0.15) is 0 Å². The number of hydrogen-bond acceptors (Lipinski definition) is 4. The van der Waals surface area contributed by atoms with Crippen molar-refractivity contribution >= 4 is 11.7 Å². The van der Waals surface area contributed by atoms with Crippen LogP contribution in [0.1, 0.15) is 29.8 Å². The Morgan fingerprint density at radius 2 is 2.05 bits per heavy atom. The van der Waals surface area contributed by atoms with Gasteiger partial charge in [0.2, 0.25) is 0 Å². The van der Waals surface area contributed by atoms with Crippen molar-refractivity contribution in [3.05, 3.63) is 24.2 Å². The molecule has 0 radical (unpaired) electrons. The standard InChI is InChI=1S/C14H18N2O3/c17-13(12-5-2-9-19-12)14(18)16-8-3-7-15-6-1-4-11(15)10-16/h2,5,9,11H,1,3-4,6-8,10H2/t11-/m0/s1. The summed E-state index contributed by atoms with van der Waals surface area (Å²) >= 11 is 0. The Balaban J connectivity index is 1.70. The fraction of sp³-hybridized carbons (Fsp3) is 0.571. The lowest BCUT2D eigenvalue weighted by Crippen LogP contribution is -2.42. The number of fused-ring (bicyclic) bond motifs is 1. The van der Waals surface area contributed by atoms with E-state index in [-0.39, 0.29) is 5.76 Å². The van der Waals surface area contributed by atoms with E-state index in [4.69, 9.17) is 4.42 Å². The van der Waals surface area contributed by atoms with Crippen molar-refractivity contribution in [2.24, 2.45) is 0 Å². The number of rotatable bonds is 2. The van der Waals surface area contributed by atoms with Gasteiger partial charge in [0, 0.05) is 25.7 Å². The first-order valence-electron chi connectivity index (χ1n) is 6.87. The number of hydrogen-bond donors (Lipinski definition) is 0. The van der Waals surface area contributed by atoms with E-state index in [0.29, 0.717) is 19.1 Å². The van der Waals surface area contributed by atoms with Crippen molar-refractivity contribution in [3.8, 4) is 0 Å². The zero-order valence-electron chi connectivity index (χ0n) is 10.9. The predicted molar refractivity (Wildman–Crippen MR) is 68.8 cm³/mol. The first-order chi connectivity index (χ1) is 9.25. The maximum absolute atomic E-state index is 12.2. The summed E-state index contributed by atoms with van der Waals surface area (Å²) in [5, 5.41) is 0. The Labute approximate surface area is 112 Å². The molecule has 1 atom stereocenters. The van der Waals surface area contributed by atoms with Crippen molar-refractivity contribution in [2.45, 2.75) is 25.3 Å². The highest BCUT2D eigenvalue weighted by molar-refractivity contribution is 6.41. The molecule has 19 heavy (non-hydrogen) atoms. The van der Waals surface area contributed by atoms with Crippen molar-refractivity contribution in [1.82, 2.24) is 9.80 Å². The van der Waals surface area contributed by atoms with Crippen molar-refractivity contribution < 1.29 is 14.0 Å². The number of ketones is 1. The molecule has 5 heteroatoms. The van der Waals surface area contributed by atoms with E-state index in [0.717, 1.165) is 25.9 Å². The normalized spacial score (nSPS) is 24.0. The largest absolute Gasteiger partial charge is 0.461 e. The highest BCUT2D eigenvalue weighted by Crippen LogP contribution is 2.21. The average Bonchev–Trinajstić information content (AvgIpc) is 3.05. The third-order valence-corrected chi connectivity index (χ3v) is 4.03. The van der Waals surface area contributed by atoms with Gasteiger partial charge in [-0.2, -0.15) is 0 Å². The van der Waals surface area contributed by atoms with Gasteiger partial charge in [-0.15, -0.1) is 0 Å².